The monoisotopic (exact) mass is 322 g/mol. The van der Waals surface area contributed by atoms with Crippen LogP contribution < -0.4 is 5.32 Å². The summed E-state index contributed by atoms with van der Waals surface area (Å²) in [7, 11) is 0. The topological polar surface area (TPSA) is 35.8 Å². The number of anilines is 1. The summed E-state index contributed by atoms with van der Waals surface area (Å²) < 4.78 is 27.0. The molecule has 2 aromatic carbocycles. The van der Waals surface area contributed by atoms with Crippen LogP contribution in [0.2, 0.25) is 0 Å². The standard InChI is InChI=1S/C14H9BrF2N2/c15-11-5-13(17)14(6-12(11)16)19-8-10-3-1-2-9(4-10)7-18/h1-6,19H,8H2. The number of hydrogen-bond acceptors (Lipinski definition) is 2. The lowest BCUT2D eigenvalue weighted by Gasteiger charge is -2.09. The van der Waals surface area contributed by atoms with Crippen LogP contribution in [0.15, 0.2) is 40.9 Å². The Morgan fingerprint density at radius 1 is 1.16 bits per heavy atom. The van der Waals surface area contributed by atoms with Gasteiger partial charge in [0.2, 0.25) is 0 Å². The van der Waals surface area contributed by atoms with Crippen molar-refractivity contribution in [2.75, 3.05) is 5.32 Å². The van der Waals surface area contributed by atoms with Gasteiger partial charge in [0.1, 0.15) is 11.6 Å². The van der Waals surface area contributed by atoms with E-state index in [4.69, 9.17) is 5.26 Å². The van der Waals surface area contributed by atoms with Crippen molar-refractivity contribution < 1.29 is 8.78 Å². The van der Waals surface area contributed by atoms with Gasteiger partial charge < -0.3 is 5.32 Å². The molecular weight excluding hydrogens is 314 g/mol. The summed E-state index contributed by atoms with van der Waals surface area (Å²) in [4.78, 5) is 0. The molecule has 0 aromatic heterocycles. The van der Waals surface area contributed by atoms with E-state index in [2.05, 4.69) is 21.2 Å². The first-order chi connectivity index (χ1) is 9.10. The number of rotatable bonds is 3. The van der Waals surface area contributed by atoms with Gasteiger partial charge in [-0.1, -0.05) is 12.1 Å². The summed E-state index contributed by atoms with van der Waals surface area (Å²) in [6.45, 7) is 0.313. The highest BCUT2D eigenvalue weighted by Gasteiger charge is 2.07. The molecule has 0 fully saturated rings. The van der Waals surface area contributed by atoms with E-state index >= 15 is 0 Å². The Morgan fingerprint density at radius 2 is 1.95 bits per heavy atom. The highest BCUT2D eigenvalue weighted by Crippen LogP contribution is 2.23. The highest BCUT2D eigenvalue weighted by atomic mass is 79.9. The molecule has 0 aliphatic heterocycles. The maximum absolute atomic E-state index is 13.6. The lowest BCUT2D eigenvalue weighted by Crippen LogP contribution is -2.02. The van der Waals surface area contributed by atoms with Gasteiger partial charge in [0.15, 0.2) is 0 Å². The fourth-order valence-electron chi connectivity index (χ4n) is 1.61. The van der Waals surface area contributed by atoms with Crippen molar-refractivity contribution in [1.82, 2.24) is 0 Å². The molecule has 0 aliphatic carbocycles. The number of halogens is 3. The minimum atomic E-state index is -0.537. The third-order valence-corrected chi connectivity index (χ3v) is 3.16. The van der Waals surface area contributed by atoms with Crippen molar-refractivity contribution in [3.63, 3.8) is 0 Å². The van der Waals surface area contributed by atoms with Crippen LogP contribution in [0.25, 0.3) is 0 Å². The molecule has 0 radical (unpaired) electrons. The van der Waals surface area contributed by atoms with Crippen LogP contribution >= 0.6 is 15.9 Å². The molecular formula is C14H9BrF2N2. The average molecular weight is 323 g/mol. The third kappa shape index (κ3) is 3.30. The molecule has 2 rings (SSSR count). The fraction of sp³-hybridized carbons (Fsp3) is 0.0714. The van der Waals surface area contributed by atoms with Gasteiger partial charge in [-0.15, -0.1) is 0 Å². The van der Waals surface area contributed by atoms with Crippen molar-refractivity contribution in [1.29, 1.82) is 5.26 Å². The molecule has 96 valence electrons. The summed E-state index contributed by atoms with van der Waals surface area (Å²) in [6, 6.07) is 11.1. The first-order valence-electron chi connectivity index (χ1n) is 5.47. The zero-order valence-corrected chi connectivity index (χ0v) is 11.3. The van der Waals surface area contributed by atoms with Crippen LogP contribution in [0.4, 0.5) is 14.5 Å². The largest absolute Gasteiger partial charge is 0.379 e. The molecule has 0 spiro atoms. The average Bonchev–Trinajstić information content (AvgIpc) is 2.41. The summed E-state index contributed by atoms with van der Waals surface area (Å²) >= 11 is 2.92. The van der Waals surface area contributed by atoms with E-state index in [0.717, 1.165) is 17.7 Å². The minimum Gasteiger partial charge on any atom is -0.379 e. The predicted molar refractivity (Wildman–Crippen MR) is 72.5 cm³/mol. The Hall–Kier alpha value is -1.93. The van der Waals surface area contributed by atoms with E-state index in [9.17, 15) is 8.78 Å². The Labute approximate surface area is 117 Å². The Kier molecular flexibility index (Phi) is 4.13. The van der Waals surface area contributed by atoms with Gasteiger partial charge in [-0.2, -0.15) is 5.26 Å². The molecule has 0 unspecified atom stereocenters. The van der Waals surface area contributed by atoms with Crippen LogP contribution in [0.1, 0.15) is 11.1 Å². The highest BCUT2D eigenvalue weighted by molar-refractivity contribution is 9.10. The van der Waals surface area contributed by atoms with Crippen LogP contribution in [0.5, 0.6) is 0 Å². The second-order valence-electron chi connectivity index (χ2n) is 3.91. The van der Waals surface area contributed by atoms with Gasteiger partial charge in [0, 0.05) is 12.6 Å². The molecule has 0 amide bonds. The van der Waals surface area contributed by atoms with E-state index in [1.54, 1.807) is 24.3 Å². The van der Waals surface area contributed by atoms with Crippen molar-refractivity contribution in [3.05, 3.63) is 63.6 Å². The molecule has 0 atom stereocenters. The summed E-state index contributed by atoms with van der Waals surface area (Å²) in [6.07, 6.45) is 0. The lowest BCUT2D eigenvalue weighted by molar-refractivity contribution is 0.596. The molecule has 0 aliphatic rings. The number of hydrogen-bond donors (Lipinski definition) is 1. The zero-order chi connectivity index (χ0) is 13.8. The van der Waals surface area contributed by atoms with E-state index < -0.39 is 11.6 Å². The first kappa shape index (κ1) is 13.5. The van der Waals surface area contributed by atoms with Crippen molar-refractivity contribution in [2.24, 2.45) is 0 Å². The molecule has 5 heteroatoms. The van der Waals surface area contributed by atoms with Gasteiger partial charge in [0.05, 0.1) is 21.8 Å². The predicted octanol–water partition coefficient (Wildman–Crippen LogP) is 4.21. The normalized spacial score (nSPS) is 10.0. The van der Waals surface area contributed by atoms with Crippen molar-refractivity contribution >= 4 is 21.6 Å². The number of benzene rings is 2. The number of nitriles is 1. The number of nitrogens with one attached hydrogen (secondary N) is 1. The van der Waals surface area contributed by atoms with Gasteiger partial charge in [0.25, 0.3) is 0 Å². The molecule has 0 heterocycles. The summed E-state index contributed by atoms with van der Waals surface area (Å²) in [5, 5.41) is 11.6. The van der Waals surface area contributed by atoms with Crippen LogP contribution in [0.3, 0.4) is 0 Å². The van der Waals surface area contributed by atoms with E-state index in [1.807, 2.05) is 6.07 Å². The molecule has 19 heavy (non-hydrogen) atoms. The Morgan fingerprint density at radius 3 is 2.68 bits per heavy atom. The maximum Gasteiger partial charge on any atom is 0.147 e. The third-order valence-electron chi connectivity index (χ3n) is 2.55. The fourth-order valence-corrected chi connectivity index (χ4v) is 1.92. The molecule has 2 aromatic rings. The van der Waals surface area contributed by atoms with Gasteiger partial charge >= 0.3 is 0 Å². The maximum atomic E-state index is 13.6. The minimum absolute atomic E-state index is 0.0852. The van der Waals surface area contributed by atoms with Crippen LogP contribution in [0, 0.1) is 23.0 Å². The van der Waals surface area contributed by atoms with Gasteiger partial charge in [-0.25, -0.2) is 8.78 Å². The second-order valence-corrected chi connectivity index (χ2v) is 4.77. The number of nitrogens with zero attached hydrogens (tertiary/aromatic N) is 1. The molecule has 0 saturated heterocycles. The Balaban J connectivity index is 2.14. The summed E-state index contributed by atoms with van der Waals surface area (Å²) in [5.41, 5.74) is 1.44. The van der Waals surface area contributed by atoms with Crippen LogP contribution in [-0.2, 0) is 6.54 Å². The SMILES string of the molecule is N#Cc1cccc(CNc2cc(F)c(Br)cc2F)c1. The smallest absolute Gasteiger partial charge is 0.147 e. The van der Waals surface area contributed by atoms with Crippen molar-refractivity contribution in [3.8, 4) is 6.07 Å². The summed E-state index contributed by atoms with van der Waals surface area (Å²) in [5.74, 6) is -1.07. The molecule has 0 bridgehead atoms. The van der Waals surface area contributed by atoms with E-state index in [-0.39, 0.29) is 10.2 Å². The van der Waals surface area contributed by atoms with E-state index in [0.29, 0.717) is 12.1 Å². The van der Waals surface area contributed by atoms with Crippen molar-refractivity contribution in [2.45, 2.75) is 6.54 Å². The first-order valence-corrected chi connectivity index (χ1v) is 6.27. The Bertz CT molecular complexity index is 650. The molecule has 1 N–H and O–H groups in total. The van der Waals surface area contributed by atoms with Gasteiger partial charge in [-0.3, -0.25) is 0 Å². The molecule has 2 nitrogen and oxygen atoms in total. The van der Waals surface area contributed by atoms with E-state index in [1.165, 1.54) is 0 Å². The molecule has 0 saturated carbocycles. The quantitative estimate of drug-likeness (QED) is 0.859. The lowest BCUT2D eigenvalue weighted by atomic mass is 10.1. The zero-order valence-electron chi connectivity index (χ0n) is 9.75. The van der Waals surface area contributed by atoms with Crippen LogP contribution in [-0.4, -0.2) is 0 Å². The van der Waals surface area contributed by atoms with Gasteiger partial charge in [-0.05, 0) is 39.7 Å². The second kappa shape index (κ2) is 5.81.